The first-order valence-corrected chi connectivity index (χ1v) is 8.67. The van der Waals surface area contributed by atoms with Crippen LogP contribution in [0.15, 0.2) is 44.3 Å². The van der Waals surface area contributed by atoms with Gasteiger partial charge in [-0.2, -0.15) is 4.31 Å². The predicted octanol–water partition coefficient (Wildman–Crippen LogP) is 3.74. The molecule has 0 bridgehead atoms. The second kappa shape index (κ2) is 6.48. The summed E-state index contributed by atoms with van der Waals surface area (Å²) in [4.78, 5) is -0.0306. The quantitative estimate of drug-likeness (QED) is 0.723. The van der Waals surface area contributed by atoms with Gasteiger partial charge in [0.05, 0.1) is 5.88 Å². The Morgan fingerprint density at radius 3 is 2.62 bits per heavy atom. The van der Waals surface area contributed by atoms with E-state index < -0.39 is 15.8 Å². The van der Waals surface area contributed by atoms with Crippen LogP contribution < -0.4 is 0 Å². The van der Waals surface area contributed by atoms with Crippen molar-refractivity contribution < 1.29 is 17.2 Å². The second-order valence-corrected chi connectivity index (χ2v) is 7.34. The first-order valence-electron chi connectivity index (χ1n) is 5.90. The van der Waals surface area contributed by atoms with Crippen molar-refractivity contribution in [3.05, 3.63) is 52.1 Å². The van der Waals surface area contributed by atoms with Crippen LogP contribution in [-0.4, -0.2) is 19.8 Å². The molecule has 0 atom stereocenters. The highest BCUT2D eigenvalue weighted by atomic mass is 79.9. The number of alkyl halides is 1. The Kier molecular flexibility index (Phi) is 5.08. The van der Waals surface area contributed by atoms with Gasteiger partial charge in [0.2, 0.25) is 10.0 Å². The summed E-state index contributed by atoms with van der Waals surface area (Å²) in [6, 6.07) is 7.38. The summed E-state index contributed by atoms with van der Waals surface area (Å²) in [6.07, 6.45) is 0. The lowest BCUT2D eigenvalue weighted by Crippen LogP contribution is -2.26. The number of halogens is 3. The monoisotopic (exact) mass is 395 g/mol. The van der Waals surface area contributed by atoms with Gasteiger partial charge in [0.1, 0.15) is 16.5 Å². The molecule has 1 heterocycles. The van der Waals surface area contributed by atoms with Crippen LogP contribution >= 0.6 is 27.5 Å². The first-order chi connectivity index (χ1) is 9.86. The largest absolute Gasteiger partial charge is 0.452 e. The van der Waals surface area contributed by atoms with E-state index in [1.165, 1.54) is 25.2 Å². The molecular weight excluding hydrogens is 385 g/mol. The summed E-state index contributed by atoms with van der Waals surface area (Å²) < 4.78 is 44.9. The first kappa shape index (κ1) is 16.5. The molecule has 0 N–H and O–H groups in total. The van der Waals surface area contributed by atoms with Crippen molar-refractivity contribution in [1.82, 2.24) is 4.31 Å². The van der Waals surface area contributed by atoms with E-state index in [4.69, 9.17) is 16.0 Å². The SMILES string of the molecule is CN(Cc1ccccc1F)S(=O)(=O)c1cc(CCl)oc1Br. The molecule has 0 spiro atoms. The van der Waals surface area contributed by atoms with Crippen molar-refractivity contribution in [3.8, 4) is 0 Å². The van der Waals surface area contributed by atoms with E-state index >= 15 is 0 Å². The molecule has 0 saturated heterocycles. The van der Waals surface area contributed by atoms with Crippen LogP contribution in [-0.2, 0) is 22.4 Å². The fourth-order valence-corrected chi connectivity index (χ4v) is 4.00. The number of furan rings is 1. The van der Waals surface area contributed by atoms with Crippen LogP contribution in [0.4, 0.5) is 4.39 Å². The van der Waals surface area contributed by atoms with E-state index in [0.29, 0.717) is 11.3 Å². The maximum Gasteiger partial charge on any atom is 0.247 e. The smallest absolute Gasteiger partial charge is 0.247 e. The molecule has 0 aliphatic carbocycles. The van der Waals surface area contributed by atoms with Gasteiger partial charge in [-0.15, -0.1) is 11.6 Å². The maximum atomic E-state index is 13.6. The van der Waals surface area contributed by atoms with Crippen molar-refractivity contribution in [1.29, 1.82) is 0 Å². The Bertz CT molecular complexity index is 748. The number of hydrogen-bond donors (Lipinski definition) is 0. The molecule has 0 fully saturated rings. The molecule has 0 aliphatic heterocycles. The zero-order valence-corrected chi connectivity index (χ0v) is 14.2. The minimum atomic E-state index is -3.81. The molecule has 114 valence electrons. The molecule has 21 heavy (non-hydrogen) atoms. The molecular formula is C13H12BrClFNO3S. The van der Waals surface area contributed by atoms with Gasteiger partial charge in [-0.1, -0.05) is 18.2 Å². The van der Waals surface area contributed by atoms with Gasteiger partial charge in [-0.3, -0.25) is 0 Å². The van der Waals surface area contributed by atoms with E-state index in [1.807, 2.05) is 0 Å². The van der Waals surface area contributed by atoms with Crippen LogP contribution in [0.2, 0.25) is 0 Å². The van der Waals surface area contributed by atoms with Gasteiger partial charge in [-0.05, 0) is 22.0 Å². The van der Waals surface area contributed by atoms with Crippen LogP contribution in [0, 0.1) is 5.82 Å². The molecule has 0 radical (unpaired) electrons. The topological polar surface area (TPSA) is 50.5 Å². The van der Waals surface area contributed by atoms with Crippen molar-refractivity contribution in [2.24, 2.45) is 0 Å². The van der Waals surface area contributed by atoms with Gasteiger partial charge >= 0.3 is 0 Å². The molecule has 2 rings (SSSR count). The van der Waals surface area contributed by atoms with E-state index in [0.717, 1.165) is 4.31 Å². The Hall–Kier alpha value is -0.890. The number of rotatable bonds is 5. The van der Waals surface area contributed by atoms with Crippen molar-refractivity contribution in [3.63, 3.8) is 0 Å². The minimum absolute atomic E-state index is 0.0306. The molecule has 0 amide bonds. The third-order valence-electron chi connectivity index (χ3n) is 2.88. The van der Waals surface area contributed by atoms with Crippen LogP contribution in [0.3, 0.4) is 0 Å². The number of benzene rings is 1. The van der Waals surface area contributed by atoms with Gasteiger partial charge in [0, 0.05) is 25.2 Å². The Morgan fingerprint density at radius 2 is 2.05 bits per heavy atom. The lowest BCUT2D eigenvalue weighted by molar-refractivity contribution is 0.451. The van der Waals surface area contributed by atoms with Crippen LogP contribution in [0.1, 0.15) is 11.3 Å². The Labute approximate surface area is 135 Å². The lowest BCUT2D eigenvalue weighted by Gasteiger charge is -2.16. The van der Waals surface area contributed by atoms with Crippen molar-refractivity contribution in [2.75, 3.05) is 7.05 Å². The lowest BCUT2D eigenvalue weighted by atomic mass is 10.2. The molecule has 1 aromatic carbocycles. The summed E-state index contributed by atoms with van der Waals surface area (Å²) in [5.74, 6) is -0.0563. The van der Waals surface area contributed by atoms with E-state index in [-0.39, 0.29) is 22.0 Å². The number of sulfonamides is 1. The molecule has 8 heteroatoms. The van der Waals surface area contributed by atoms with E-state index in [9.17, 15) is 12.8 Å². The normalized spacial score (nSPS) is 12.0. The third-order valence-corrected chi connectivity index (χ3v) is 5.80. The van der Waals surface area contributed by atoms with Gasteiger partial charge in [0.15, 0.2) is 4.67 Å². The molecule has 0 saturated carbocycles. The van der Waals surface area contributed by atoms with Crippen LogP contribution in [0.25, 0.3) is 0 Å². The van der Waals surface area contributed by atoms with Crippen LogP contribution in [0.5, 0.6) is 0 Å². The van der Waals surface area contributed by atoms with E-state index in [2.05, 4.69) is 15.9 Å². The average molecular weight is 397 g/mol. The molecule has 0 aliphatic rings. The highest BCUT2D eigenvalue weighted by Crippen LogP contribution is 2.29. The van der Waals surface area contributed by atoms with Gasteiger partial charge in [0.25, 0.3) is 0 Å². The zero-order valence-electron chi connectivity index (χ0n) is 11.0. The van der Waals surface area contributed by atoms with E-state index in [1.54, 1.807) is 12.1 Å². The Morgan fingerprint density at radius 1 is 1.38 bits per heavy atom. The fourth-order valence-electron chi connectivity index (χ4n) is 1.76. The standard InChI is InChI=1S/C13H12BrClFNO3S/c1-17(8-9-4-2-3-5-11(9)16)21(18,19)12-6-10(7-15)20-13(12)14/h2-6H,7-8H2,1H3. The third kappa shape index (κ3) is 3.48. The minimum Gasteiger partial charge on any atom is -0.452 e. The molecule has 4 nitrogen and oxygen atoms in total. The second-order valence-electron chi connectivity index (χ2n) is 4.34. The average Bonchev–Trinajstić information content (AvgIpc) is 2.83. The van der Waals surface area contributed by atoms with Gasteiger partial charge in [-0.25, -0.2) is 12.8 Å². The molecule has 1 aromatic heterocycles. The molecule has 0 unspecified atom stereocenters. The highest BCUT2D eigenvalue weighted by molar-refractivity contribution is 9.10. The highest BCUT2D eigenvalue weighted by Gasteiger charge is 2.27. The summed E-state index contributed by atoms with van der Waals surface area (Å²) in [5, 5.41) is 0. The predicted molar refractivity (Wildman–Crippen MR) is 81.0 cm³/mol. The van der Waals surface area contributed by atoms with Crippen molar-refractivity contribution in [2.45, 2.75) is 17.3 Å². The van der Waals surface area contributed by atoms with Gasteiger partial charge < -0.3 is 4.42 Å². The molecule has 2 aromatic rings. The zero-order chi connectivity index (χ0) is 15.6. The maximum absolute atomic E-state index is 13.6. The number of hydrogen-bond acceptors (Lipinski definition) is 3. The summed E-state index contributed by atoms with van der Waals surface area (Å²) in [5.41, 5.74) is 0.292. The Balaban J connectivity index is 2.30. The summed E-state index contributed by atoms with van der Waals surface area (Å²) in [7, 11) is -2.43. The summed E-state index contributed by atoms with van der Waals surface area (Å²) in [6.45, 7) is -0.0805. The fraction of sp³-hybridized carbons (Fsp3) is 0.231. The van der Waals surface area contributed by atoms with Crippen molar-refractivity contribution >= 4 is 37.6 Å². The number of nitrogens with zero attached hydrogens (tertiary/aromatic N) is 1. The summed E-state index contributed by atoms with van der Waals surface area (Å²) >= 11 is 8.68.